The number of rotatable bonds is 9. The Kier molecular flexibility index (Phi) is 10.9. The van der Waals surface area contributed by atoms with E-state index >= 15 is 0 Å². The highest BCUT2D eigenvalue weighted by Crippen LogP contribution is 2.59. The van der Waals surface area contributed by atoms with E-state index in [0.717, 1.165) is 56.5 Å². The van der Waals surface area contributed by atoms with Crippen molar-refractivity contribution in [2.75, 3.05) is 9.80 Å². The summed E-state index contributed by atoms with van der Waals surface area (Å²) in [5, 5.41) is 9.79. The molecule has 0 unspecified atom stereocenters. The number of benzene rings is 11. The van der Waals surface area contributed by atoms with Gasteiger partial charge in [-0.25, -0.2) is 4.98 Å². The van der Waals surface area contributed by atoms with E-state index in [0.29, 0.717) is 11.5 Å². The molecule has 5 heteroatoms. The molecule has 0 aliphatic carbocycles. The zero-order valence-corrected chi connectivity index (χ0v) is 41.5. The number of hydrogen-bond donors (Lipinski definition) is 0. The number of nitrogens with zero attached hydrogens (tertiary/aromatic N) is 5. The maximum Gasteiger partial charge on any atom is 0.182 e. The second-order valence-electron chi connectivity index (χ2n) is 19.5. The van der Waals surface area contributed by atoms with Crippen molar-refractivity contribution in [3.8, 4) is 33.9 Å². The second-order valence-corrected chi connectivity index (χ2v) is 19.5. The molecule has 0 spiro atoms. The lowest BCUT2D eigenvalue weighted by Crippen LogP contribution is -2.37. The zero-order chi connectivity index (χ0) is 50.5. The van der Waals surface area contributed by atoms with Gasteiger partial charge in [-0.1, -0.05) is 249 Å². The van der Waals surface area contributed by atoms with Gasteiger partial charge in [-0.2, -0.15) is 0 Å². The Labute approximate surface area is 443 Å². The number of para-hydroxylation sites is 4. The van der Waals surface area contributed by atoms with Crippen molar-refractivity contribution in [2.24, 2.45) is 0 Å². The van der Waals surface area contributed by atoms with Crippen molar-refractivity contribution in [3.63, 3.8) is 0 Å². The molecule has 2 aliphatic rings. The van der Waals surface area contributed by atoms with Crippen LogP contribution in [-0.2, 0) is 10.8 Å². The van der Waals surface area contributed by atoms with Gasteiger partial charge in [-0.05, 0) is 93.0 Å². The van der Waals surface area contributed by atoms with Crippen LogP contribution < -0.4 is 9.80 Å². The average Bonchev–Trinajstić information content (AvgIpc) is 3.58. The lowest BCUT2D eigenvalue weighted by atomic mass is 9.62. The number of aromatic nitrogens is 3. The quantitative estimate of drug-likeness (QED) is 0.144. The monoisotopic (exact) mass is 971 g/mol. The van der Waals surface area contributed by atoms with Crippen LogP contribution in [-0.4, -0.2) is 15.2 Å². The molecule has 0 saturated heterocycles. The summed E-state index contributed by atoms with van der Waals surface area (Å²) in [7, 11) is 0. The Bertz CT molecular complexity index is 3860. The fraction of sp³-hybridized carbons (Fsp3) is 0.0282. The Morgan fingerprint density at radius 2 is 0.526 bits per heavy atom. The van der Waals surface area contributed by atoms with Crippen molar-refractivity contribution in [2.45, 2.75) is 10.8 Å². The summed E-state index contributed by atoms with van der Waals surface area (Å²) < 4.78 is 0. The van der Waals surface area contributed by atoms with Gasteiger partial charge >= 0.3 is 0 Å². The summed E-state index contributed by atoms with van der Waals surface area (Å²) in [6.07, 6.45) is 0. The second kappa shape index (κ2) is 18.5. The summed E-state index contributed by atoms with van der Waals surface area (Å²) >= 11 is 0. The maximum atomic E-state index is 5.34. The molecule has 0 amide bonds. The Morgan fingerprint density at radius 1 is 0.237 bits per heavy atom. The van der Waals surface area contributed by atoms with Crippen molar-refractivity contribution >= 4 is 34.1 Å². The highest BCUT2D eigenvalue weighted by molar-refractivity contribution is 5.92. The van der Waals surface area contributed by atoms with E-state index in [-0.39, 0.29) is 0 Å². The van der Waals surface area contributed by atoms with Crippen LogP contribution in [0, 0.1) is 0 Å². The van der Waals surface area contributed by atoms with E-state index in [4.69, 9.17) is 15.2 Å². The summed E-state index contributed by atoms with van der Waals surface area (Å²) in [6.45, 7) is 0. The normalized spacial score (nSPS) is 13.7. The topological polar surface area (TPSA) is 45.2 Å². The van der Waals surface area contributed by atoms with Crippen LogP contribution >= 0.6 is 0 Å². The van der Waals surface area contributed by atoms with Gasteiger partial charge in [0.2, 0.25) is 0 Å². The molecule has 1 aromatic heterocycles. The van der Waals surface area contributed by atoms with Gasteiger partial charge in [-0.3, -0.25) is 0 Å². The third kappa shape index (κ3) is 6.97. The van der Waals surface area contributed by atoms with E-state index in [1.54, 1.807) is 0 Å². The van der Waals surface area contributed by atoms with E-state index in [2.05, 4.69) is 277 Å². The lowest BCUT2D eigenvalue weighted by molar-refractivity contribution is 0.731. The zero-order valence-electron chi connectivity index (χ0n) is 41.5. The van der Waals surface area contributed by atoms with Crippen molar-refractivity contribution in [1.82, 2.24) is 15.2 Å². The molecule has 0 atom stereocenters. The van der Waals surface area contributed by atoms with E-state index in [1.165, 1.54) is 44.5 Å². The van der Waals surface area contributed by atoms with Gasteiger partial charge in [0.25, 0.3) is 0 Å². The first-order chi connectivity index (χ1) is 37.7. The summed E-state index contributed by atoms with van der Waals surface area (Å²) in [5.41, 5.74) is 19.5. The van der Waals surface area contributed by atoms with E-state index in [9.17, 15) is 0 Å². The van der Waals surface area contributed by atoms with Crippen LogP contribution in [0.1, 0.15) is 44.5 Å². The lowest BCUT2D eigenvalue weighted by Gasteiger charge is -2.46. The molecule has 3 heterocycles. The minimum absolute atomic E-state index is 0.548. The molecule has 11 aromatic carbocycles. The summed E-state index contributed by atoms with van der Waals surface area (Å²) in [5.74, 6) is 0.568. The molecule has 0 bridgehead atoms. The van der Waals surface area contributed by atoms with Crippen LogP contribution in [0.25, 0.3) is 33.9 Å². The third-order valence-corrected chi connectivity index (χ3v) is 15.5. The molecule has 0 radical (unpaired) electrons. The molecular weight excluding hydrogens is 923 g/mol. The first-order valence-electron chi connectivity index (χ1n) is 25.9. The van der Waals surface area contributed by atoms with Crippen LogP contribution in [0.2, 0.25) is 0 Å². The van der Waals surface area contributed by atoms with Crippen LogP contribution in [0.5, 0.6) is 0 Å². The standard InChI is InChI=1S/C71H49N5/c1-6-24-52(25-7-1)69-72-67(50-42-46-57(47-43-50)75-63-38-20-16-34-59(63)70(53-26-8-2-9-27-53,54-28-10-3-11-29-54)60-35-17-21-39-64(60)75)68(73-74-69)51-44-48-58(49-45-51)76-65-40-22-18-36-61(65)71(55-30-12-4-13-31-55,56-32-14-5-15-33-56)62-37-19-23-41-66(62)76/h1-49H. The molecular formula is C71H49N5. The molecule has 14 rings (SSSR count). The first-order valence-corrected chi connectivity index (χ1v) is 25.9. The molecule has 76 heavy (non-hydrogen) atoms. The SMILES string of the molecule is c1ccc(-c2nnc(-c3ccc(N4c5ccccc5C(c5ccccc5)(c5ccccc5)c5ccccc54)cc3)c(-c3ccc(N4c5ccccc5C(c5ccccc5)(c5ccccc5)c5ccccc54)cc3)n2)cc1. The van der Waals surface area contributed by atoms with Crippen molar-refractivity contribution < 1.29 is 0 Å². The number of fused-ring (bicyclic) bond motifs is 4. The fourth-order valence-corrected chi connectivity index (χ4v) is 12.3. The summed E-state index contributed by atoms with van der Waals surface area (Å²) in [6, 6.07) is 107. The largest absolute Gasteiger partial charge is 0.310 e. The summed E-state index contributed by atoms with van der Waals surface area (Å²) in [4.78, 5) is 10.2. The Hall–Kier alpha value is -9.97. The van der Waals surface area contributed by atoms with Crippen molar-refractivity contribution in [3.05, 3.63) is 342 Å². The van der Waals surface area contributed by atoms with Gasteiger partial charge in [-0.15, -0.1) is 10.2 Å². The van der Waals surface area contributed by atoms with Crippen LogP contribution in [0.4, 0.5) is 34.1 Å². The van der Waals surface area contributed by atoms with Crippen LogP contribution in [0.15, 0.2) is 297 Å². The molecule has 0 N–H and O–H groups in total. The van der Waals surface area contributed by atoms with Gasteiger partial charge in [0.05, 0.1) is 33.6 Å². The fourth-order valence-electron chi connectivity index (χ4n) is 12.3. The smallest absolute Gasteiger partial charge is 0.182 e. The van der Waals surface area contributed by atoms with E-state index < -0.39 is 10.8 Å². The average molecular weight is 972 g/mol. The van der Waals surface area contributed by atoms with Gasteiger partial charge < -0.3 is 9.80 Å². The molecule has 2 aliphatic heterocycles. The molecule has 358 valence electrons. The maximum absolute atomic E-state index is 5.34. The molecule has 0 fully saturated rings. The van der Waals surface area contributed by atoms with E-state index in [1.807, 2.05) is 30.3 Å². The minimum Gasteiger partial charge on any atom is -0.310 e. The third-order valence-electron chi connectivity index (χ3n) is 15.5. The Balaban J connectivity index is 0.880. The number of hydrogen-bond acceptors (Lipinski definition) is 5. The highest BCUT2D eigenvalue weighted by Gasteiger charge is 2.48. The molecule has 12 aromatic rings. The van der Waals surface area contributed by atoms with Gasteiger partial charge in [0.15, 0.2) is 5.82 Å². The Morgan fingerprint density at radius 3 is 0.868 bits per heavy atom. The molecule has 5 nitrogen and oxygen atoms in total. The van der Waals surface area contributed by atoms with Crippen LogP contribution in [0.3, 0.4) is 0 Å². The first kappa shape index (κ1) is 44.7. The van der Waals surface area contributed by atoms with Gasteiger partial charge in [0.1, 0.15) is 11.4 Å². The minimum atomic E-state index is -0.549. The van der Waals surface area contributed by atoms with Crippen molar-refractivity contribution in [1.29, 1.82) is 0 Å². The highest BCUT2D eigenvalue weighted by atomic mass is 15.2. The predicted octanol–water partition coefficient (Wildman–Crippen LogP) is 17.2. The predicted molar refractivity (Wildman–Crippen MR) is 309 cm³/mol. The molecule has 0 saturated carbocycles. The number of anilines is 6. The van der Waals surface area contributed by atoms with Gasteiger partial charge in [0, 0.05) is 28.1 Å².